The van der Waals surface area contributed by atoms with E-state index >= 15 is 0 Å². The molecule has 1 saturated carbocycles. The Balaban J connectivity index is 0.0000105. The molecule has 0 bridgehead atoms. The molecule has 307 valence electrons. The van der Waals surface area contributed by atoms with E-state index < -0.39 is 101 Å². The predicted molar refractivity (Wildman–Crippen MR) is 184 cm³/mol. The van der Waals surface area contributed by atoms with Gasteiger partial charge in [-0.25, -0.2) is 0 Å². The van der Waals surface area contributed by atoms with Crippen LogP contribution in [0, 0.1) is 39.9 Å². The maximum absolute atomic E-state index is 13.2. The second kappa shape index (κ2) is 26.5. The van der Waals surface area contributed by atoms with Crippen LogP contribution in [-0.2, 0) is 43.0 Å². The molecule has 0 aliphatic heterocycles. The van der Waals surface area contributed by atoms with Crippen molar-refractivity contribution < 1.29 is 143 Å². The molecule has 0 aromatic heterocycles. The first kappa shape index (κ1) is 54.4. The maximum Gasteiger partial charge on any atom is 3.00 e. The van der Waals surface area contributed by atoms with Gasteiger partial charge in [0.15, 0.2) is 0 Å². The molecule has 1 aliphatic rings. The van der Waals surface area contributed by atoms with Gasteiger partial charge in [-0.3, -0.25) is 33.6 Å². The summed E-state index contributed by atoms with van der Waals surface area (Å²) in [6.45, 7) is -6.36. The number of aliphatic carboxylic acids is 5. The van der Waals surface area contributed by atoms with Crippen LogP contribution in [0.5, 0.6) is 0 Å². The molecular weight excluding hydrogens is 932 g/mol. The summed E-state index contributed by atoms with van der Waals surface area (Å²) in [5.41, 5.74) is 10.6. The number of hydrogen-bond donors (Lipinski definition) is 3. The van der Waals surface area contributed by atoms with Crippen molar-refractivity contribution in [3.05, 3.63) is 76.2 Å². The zero-order chi connectivity index (χ0) is 39.9. The summed E-state index contributed by atoms with van der Waals surface area (Å²) in [7, 11) is -5.18. The van der Waals surface area contributed by atoms with Crippen LogP contribution >= 0.6 is 7.82 Å². The molecule has 0 spiro atoms. The monoisotopic (exact) mass is 974 g/mol. The molecule has 2 atom stereocenters. The van der Waals surface area contributed by atoms with Crippen LogP contribution in [0.25, 0.3) is 10.4 Å². The number of nitrogens with zero attached hydrogens (tertiary/aromatic N) is 6. The van der Waals surface area contributed by atoms with Crippen molar-refractivity contribution in [3.8, 4) is 0 Å². The molecule has 3 rings (SSSR count). The minimum Gasteiger partial charge on any atom is -0.756 e. The van der Waals surface area contributed by atoms with E-state index in [-0.39, 0.29) is 101 Å². The van der Waals surface area contributed by atoms with Gasteiger partial charge in [-0.1, -0.05) is 59.7 Å². The Morgan fingerprint density at radius 2 is 1.35 bits per heavy atom. The minimum absolute atomic E-state index is 0. The zero-order valence-corrected chi connectivity index (χ0v) is 36.0. The number of carbonyl (C=O) groups is 5. The summed E-state index contributed by atoms with van der Waals surface area (Å²) in [4.78, 5) is 76.1. The fourth-order valence-corrected chi connectivity index (χ4v) is 7.49. The van der Waals surface area contributed by atoms with Crippen LogP contribution < -0.4 is 44.7 Å². The van der Waals surface area contributed by atoms with Crippen molar-refractivity contribution in [2.45, 2.75) is 43.2 Å². The number of carboxylic acid groups (broad SMARTS) is 5. The first-order valence-corrected chi connectivity index (χ1v) is 18.1. The van der Waals surface area contributed by atoms with E-state index in [1.807, 2.05) is 42.5 Å². The van der Waals surface area contributed by atoms with Gasteiger partial charge in [0, 0.05) is 54.8 Å². The molecular formula is C33H42GdN6NaO15P+. The van der Waals surface area contributed by atoms with Crippen LogP contribution in [0.2, 0.25) is 0 Å². The number of azide groups is 1. The fourth-order valence-electron chi connectivity index (χ4n) is 6.50. The summed E-state index contributed by atoms with van der Waals surface area (Å²) in [6, 6.07) is 15.2. The average molecular weight is 974 g/mol. The van der Waals surface area contributed by atoms with Gasteiger partial charge < -0.3 is 54.5 Å². The third kappa shape index (κ3) is 18.9. The quantitative estimate of drug-likeness (QED) is 0.0294. The normalized spacial score (nSPS) is 17.8. The molecule has 24 heteroatoms. The molecule has 5 N–H and O–H groups in total. The molecule has 2 unspecified atom stereocenters. The SMILES string of the molecule is O.[Gd+3].[N-]=[N+]=Nc1ccc(C2(c3ccccc3)CCC(OP(=O)([O-])OCC(CN(CCN(CC(=O)O)CC(=O)O)CC(=O)[O-])N(CC(=O)[O-])CC(=O)O)CC2)cc1.[Na+]. The van der Waals surface area contributed by atoms with E-state index in [2.05, 4.69) is 10.0 Å². The molecule has 57 heavy (non-hydrogen) atoms. The Morgan fingerprint density at radius 3 is 1.84 bits per heavy atom. The van der Waals surface area contributed by atoms with Gasteiger partial charge in [0.2, 0.25) is 0 Å². The molecule has 2 aromatic rings. The average Bonchev–Trinajstić information content (AvgIpc) is 3.08. The number of benzene rings is 2. The van der Waals surface area contributed by atoms with Crippen molar-refractivity contribution in [3.63, 3.8) is 0 Å². The Labute approximate surface area is 381 Å². The number of rotatable bonds is 24. The van der Waals surface area contributed by atoms with Gasteiger partial charge in [0.1, 0.15) is 0 Å². The van der Waals surface area contributed by atoms with Crippen LogP contribution in [0.1, 0.15) is 36.8 Å². The van der Waals surface area contributed by atoms with Crippen LogP contribution in [0.3, 0.4) is 0 Å². The second-order valence-electron chi connectivity index (χ2n) is 12.7. The molecule has 0 saturated heterocycles. The van der Waals surface area contributed by atoms with Crippen molar-refractivity contribution in [1.82, 2.24) is 14.7 Å². The summed E-state index contributed by atoms with van der Waals surface area (Å²) < 4.78 is 23.8. The number of hydrogen-bond acceptors (Lipinski definition) is 15. The summed E-state index contributed by atoms with van der Waals surface area (Å²) >= 11 is 0. The van der Waals surface area contributed by atoms with Gasteiger partial charge in [0.05, 0.1) is 44.3 Å². The summed E-state index contributed by atoms with van der Waals surface area (Å²) in [5, 5.41) is 54.5. The van der Waals surface area contributed by atoms with E-state index in [4.69, 9.17) is 24.8 Å². The Kier molecular flexibility index (Phi) is 25.2. The molecule has 0 amide bonds. The zero-order valence-electron chi connectivity index (χ0n) is 30.9. The maximum atomic E-state index is 13.2. The predicted octanol–water partition coefficient (Wildman–Crippen LogP) is -4.43. The minimum atomic E-state index is -5.18. The summed E-state index contributed by atoms with van der Waals surface area (Å²) in [5.74, 6) is -7.63. The fraction of sp³-hybridized carbons (Fsp3) is 0.485. The second-order valence-corrected chi connectivity index (χ2v) is 14.0. The molecule has 0 heterocycles. The largest absolute Gasteiger partial charge is 3.00 e. The van der Waals surface area contributed by atoms with E-state index in [1.54, 1.807) is 12.1 Å². The smallest absolute Gasteiger partial charge is 0.756 e. The Hall–Kier alpha value is -2.63. The number of carbonyl (C=O) groups excluding carboxylic acids is 2. The van der Waals surface area contributed by atoms with Crippen molar-refractivity contribution in [1.29, 1.82) is 0 Å². The van der Waals surface area contributed by atoms with Crippen LogP contribution in [0.15, 0.2) is 59.7 Å². The van der Waals surface area contributed by atoms with Crippen molar-refractivity contribution in [2.75, 3.05) is 59.0 Å². The standard InChI is InChI=1S/C33H43N6O14P.Gd.Na.H2O/c34-36-35-25-8-6-24(7-9-25)33(23-4-2-1-3-5-23)12-10-27(11-13-33)53-54(50,51)52-22-26(39(20-31(46)47)21-32(48)49)16-37(17-28(40)41)14-15-38(18-29(42)43)19-30(44)45;;;/h1-9,26-27H,10-22H2,(H,40,41)(H,42,43)(H,44,45)(H,46,47)(H,48,49)(H,50,51);;;1H2/q;+3;+1;/p-3. The number of phosphoric acid groups is 1. The third-order valence-electron chi connectivity index (χ3n) is 8.85. The van der Waals surface area contributed by atoms with Gasteiger partial charge in [-0.15, -0.1) is 0 Å². The van der Waals surface area contributed by atoms with Gasteiger partial charge in [-0.2, -0.15) is 0 Å². The number of carboxylic acids is 5. The van der Waals surface area contributed by atoms with E-state index in [0.717, 1.165) is 25.8 Å². The Morgan fingerprint density at radius 1 is 0.842 bits per heavy atom. The van der Waals surface area contributed by atoms with Crippen LogP contribution in [0.4, 0.5) is 5.69 Å². The van der Waals surface area contributed by atoms with E-state index in [1.165, 1.54) is 0 Å². The van der Waals surface area contributed by atoms with E-state index in [0.29, 0.717) is 18.5 Å². The molecule has 1 fully saturated rings. The van der Waals surface area contributed by atoms with Gasteiger partial charge in [-0.05, 0) is 42.3 Å². The third-order valence-corrected chi connectivity index (χ3v) is 9.88. The number of phosphoric ester groups is 1. The van der Waals surface area contributed by atoms with Crippen LogP contribution in [-0.4, -0.2) is 136 Å². The van der Waals surface area contributed by atoms with Crippen molar-refractivity contribution >= 4 is 43.4 Å². The molecule has 21 nitrogen and oxygen atoms in total. The van der Waals surface area contributed by atoms with Crippen molar-refractivity contribution in [2.24, 2.45) is 5.11 Å². The first-order chi connectivity index (χ1) is 25.5. The Bertz CT molecular complexity index is 1680. The first-order valence-electron chi connectivity index (χ1n) is 16.6. The molecule has 2 aromatic carbocycles. The topological polar surface area (TPSA) is 341 Å². The van der Waals surface area contributed by atoms with E-state index in [9.17, 15) is 48.8 Å². The molecule has 1 aliphatic carbocycles. The summed E-state index contributed by atoms with van der Waals surface area (Å²) in [6.07, 6.45) is 0.562. The van der Waals surface area contributed by atoms with Gasteiger partial charge >= 0.3 is 87.4 Å². The molecule has 1 radical (unpaired) electrons. The van der Waals surface area contributed by atoms with Gasteiger partial charge in [0.25, 0.3) is 7.82 Å².